The molecule has 3 aromatic rings. The first-order valence-electron chi connectivity index (χ1n) is 7.20. The van der Waals surface area contributed by atoms with Gasteiger partial charge >= 0.3 is 32.7 Å². The molecule has 0 radical (unpaired) electrons. The minimum atomic E-state index is -0.376. The van der Waals surface area contributed by atoms with Crippen molar-refractivity contribution in [2.75, 3.05) is 0 Å². The molecule has 2 aromatic heterocycles. The van der Waals surface area contributed by atoms with E-state index in [0.717, 1.165) is 16.8 Å². The van der Waals surface area contributed by atoms with Gasteiger partial charge in [-0.3, -0.25) is 4.39 Å². The molecule has 114 valence electrons. The zero-order valence-corrected chi connectivity index (χ0v) is 16.8. The quantitative estimate of drug-likeness (QED) is 0.600. The Kier molecular flexibility index (Phi) is 5.02. The van der Waals surface area contributed by atoms with Crippen LogP contribution < -0.4 is 0 Å². The Morgan fingerprint density at radius 3 is 2.48 bits per heavy atom. The summed E-state index contributed by atoms with van der Waals surface area (Å²) in [6, 6.07) is 8.06. The van der Waals surface area contributed by atoms with Crippen LogP contribution in [0.4, 0.5) is 4.39 Å². The number of halogens is 1. The second kappa shape index (κ2) is 6.36. The van der Waals surface area contributed by atoms with E-state index < -0.39 is 0 Å². The molecule has 0 fully saturated rings. The van der Waals surface area contributed by atoms with E-state index in [1.54, 1.807) is 10.6 Å². The van der Waals surface area contributed by atoms with E-state index in [4.69, 9.17) is 0 Å². The number of aromatic nitrogens is 4. The number of nitrogens with zero attached hydrogens (tertiary/aromatic N) is 4. The maximum Gasteiger partial charge on any atom is 3.00 e. The molecule has 0 aliphatic rings. The summed E-state index contributed by atoms with van der Waals surface area (Å²) in [6.07, 6.45) is 0. The SMILES string of the molecule is Cc1[c-]c(-c2nnc3cc(C(C)(C)C)c(C)nn23)c(F)cc1.[Y+3]. The fourth-order valence-corrected chi connectivity index (χ4v) is 2.58. The summed E-state index contributed by atoms with van der Waals surface area (Å²) in [7, 11) is 0. The number of hydrogen-bond donors (Lipinski definition) is 0. The average molecular weight is 386 g/mol. The molecule has 0 aliphatic heterocycles. The van der Waals surface area contributed by atoms with E-state index in [2.05, 4.69) is 42.1 Å². The van der Waals surface area contributed by atoms with Gasteiger partial charge in [-0.2, -0.15) is 10.2 Å². The van der Waals surface area contributed by atoms with Crippen LogP contribution in [0.1, 0.15) is 37.6 Å². The summed E-state index contributed by atoms with van der Waals surface area (Å²) < 4.78 is 15.7. The molecule has 23 heavy (non-hydrogen) atoms. The van der Waals surface area contributed by atoms with Gasteiger partial charge in [-0.15, -0.1) is 28.9 Å². The van der Waals surface area contributed by atoms with Crippen molar-refractivity contribution in [1.29, 1.82) is 0 Å². The fourth-order valence-electron chi connectivity index (χ4n) is 2.58. The monoisotopic (exact) mass is 386 g/mol. The summed E-state index contributed by atoms with van der Waals surface area (Å²) in [5, 5.41) is 12.8. The average Bonchev–Trinajstić information content (AvgIpc) is 2.82. The number of benzene rings is 1. The smallest absolute Gasteiger partial charge is 0.265 e. The largest absolute Gasteiger partial charge is 3.00 e. The van der Waals surface area contributed by atoms with Crippen molar-refractivity contribution < 1.29 is 37.1 Å². The van der Waals surface area contributed by atoms with Gasteiger partial charge in [-0.25, -0.2) is 4.52 Å². The summed E-state index contributed by atoms with van der Waals surface area (Å²) in [5.74, 6) is -0.000917. The van der Waals surface area contributed by atoms with E-state index in [9.17, 15) is 4.39 Å². The first-order valence-corrected chi connectivity index (χ1v) is 7.20. The van der Waals surface area contributed by atoms with E-state index in [0.29, 0.717) is 17.0 Å². The predicted octanol–water partition coefficient (Wildman–Crippen LogP) is 3.64. The van der Waals surface area contributed by atoms with Gasteiger partial charge in [0.15, 0.2) is 5.65 Å². The summed E-state index contributed by atoms with van der Waals surface area (Å²) in [6.45, 7) is 10.2. The van der Waals surface area contributed by atoms with Crippen LogP contribution in [-0.2, 0) is 38.1 Å². The minimum absolute atomic E-state index is 0. The molecule has 2 heterocycles. The third-order valence-corrected chi connectivity index (χ3v) is 3.65. The molecule has 1 aromatic carbocycles. The van der Waals surface area contributed by atoms with Crippen LogP contribution in [0.25, 0.3) is 17.0 Å². The van der Waals surface area contributed by atoms with E-state index in [-0.39, 0.29) is 43.9 Å². The number of hydrogen-bond acceptors (Lipinski definition) is 3. The second-order valence-corrected chi connectivity index (χ2v) is 6.55. The van der Waals surface area contributed by atoms with E-state index >= 15 is 0 Å². The van der Waals surface area contributed by atoms with Gasteiger partial charge in [0.25, 0.3) is 0 Å². The number of fused-ring (bicyclic) bond motifs is 1. The van der Waals surface area contributed by atoms with Gasteiger partial charge in [-0.1, -0.05) is 33.3 Å². The van der Waals surface area contributed by atoms with Crippen LogP contribution in [0.5, 0.6) is 0 Å². The fraction of sp³-hybridized carbons (Fsp3) is 0.353. The zero-order valence-electron chi connectivity index (χ0n) is 14.0. The van der Waals surface area contributed by atoms with Crippen molar-refractivity contribution in [3.05, 3.63) is 46.9 Å². The topological polar surface area (TPSA) is 43.1 Å². The Hall–Kier alpha value is -1.20. The summed E-state index contributed by atoms with van der Waals surface area (Å²) in [5.41, 5.74) is 3.70. The molecule has 0 saturated carbocycles. The first kappa shape index (κ1) is 18.1. The van der Waals surface area contributed by atoms with Gasteiger partial charge < -0.3 is 0 Å². The third-order valence-electron chi connectivity index (χ3n) is 3.65. The Morgan fingerprint density at radius 1 is 1.13 bits per heavy atom. The Bertz CT molecular complexity index is 865. The van der Waals surface area contributed by atoms with Crippen LogP contribution in [0.3, 0.4) is 0 Å². The van der Waals surface area contributed by atoms with Crippen LogP contribution >= 0.6 is 0 Å². The number of rotatable bonds is 1. The molecule has 0 aliphatic carbocycles. The van der Waals surface area contributed by atoms with Crippen molar-refractivity contribution in [3.63, 3.8) is 0 Å². The van der Waals surface area contributed by atoms with Gasteiger partial charge in [0.1, 0.15) is 5.82 Å². The Balaban J connectivity index is 0.00000192. The molecule has 0 spiro atoms. The maximum atomic E-state index is 14.1. The summed E-state index contributed by atoms with van der Waals surface area (Å²) in [4.78, 5) is 0. The van der Waals surface area contributed by atoms with Crippen molar-refractivity contribution in [2.45, 2.75) is 40.0 Å². The normalized spacial score (nSPS) is 11.6. The second-order valence-electron chi connectivity index (χ2n) is 6.55. The molecule has 0 bridgehead atoms. The van der Waals surface area contributed by atoms with Crippen molar-refractivity contribution in [1.82, 2.24) is 19.8 Å². The van der Waals surface area contributed by atoms with Gasteiger partial charge in [-0.05, 0) is 24.0 Å². The van der Waals surface area contributed by atoms with Crippen molar-refractivity contribution in [2.24, 2.45) is 0 Å². The van der Waals surface area contributed by atoms with Gasteiger partial charge in [0.2, 0.25) is 0 Å². The zero-order chi connectivity index (χ0) is 16.1. The standard InChI is InChI=1S/C17H18FN4.Y/c1-10-6-7-14(18)12(8-10)16-20-19-15-9-13(17(3,4)5)11(2)21-22(15)16;/h6-7,9H,1-5H3;/q-1;+3. The number of aryl methyl sites for hydroxylation is 2. The molecule has 0 atom stereocenters. The molecule has 0 unspecified atom stereocenters. The van der Waals surface area contributed by atoms with Crippen LogP contribution in [-0.4, -0.2) is 19.8 Å². The van der Waals surface area contributed by atoms with Crippen molar-refractivity contribution >= 4 is 5.65 Å². The molecule has 3 rings (SSSR count). The predicted molar refractivity (Wildman–Crippen MR) is 83.2 cm³/mol. The molecular formula is C17H18FN4Y+2. The maximum absolute atomic E-state index is 14.1. The molecule has 0 N–H and O–H groups in total. The summed E-state index contributed by atoms with van der Waals surface area (Å²) >= 11 is 0. The Labute approximate surface area is 160 Å². The van der Waals surface area contributed by atoms with Crippen LogP contribution in [0.2, 0.25) is 0 Å². The third kappa shape index (κ3) is 3.36. The van der Waals surface area contributed by atoms with Crippen LogP contribution in [0, 0.1) is 25.7 Å². The minimum Gasteiger partial charge on any atom is -0.265 e. The van der Waals surface area contributed by atoms with Gasteiger partial charge in [0.05, 0.1) is 5.69 Å². The molecule has 0 amide bonds. The van der Waals surface area contributed by atoms with Crippen molar-refractivity contribution in [3.8, 4) is 11.4 Å². The first-order chi connectivity index (χ1) is 10.3. The molecular weight excluding hydrogens is 368 g/mol. The molecule has 4 nitrogen and oxygen atoms in total. The molecule has 6 heteroatoms. The van der Waals surface area contributed by atoms with E-state index in [1.165, 1.54) is 6.07 Å². The molecule has 0 saturated heterocycles. The Morgan fingerprint density at radius 2 is 1.83 bits per heavy atom. The van der Waals surface area contributed by atoms with E-state index in [1.807, 2.05) is 19.9 Å². The van der Waals surface area contributed by atoms with Gasteiger partial charge in [0, 0.05) is 5.82 Å². The van der Waals surface area contributed by atoms with Crippen LogP contribution in [0.15, 0.2) is 18.2 Å².